The highest BCUT2D eigenvalue weighted by atomic mass is 19.1. The smallest absolute Gasteiger partial charge is 0.139 e. The average Bonchev–Trinajstić information content (AvgIpc) is 3.00. The van der Waals surface area contributed by atoms with Gasteiger partial charge >= 0.3 is 0 Å². The molecule has 2 heteroatoms. The molecule has 0 spiro atoms. The minimum atomic E-state index is -0.369. The van der Waals surface area contributed by atoms with Crippen LogP contribution in [0.25, 0.3) is 0 Å². The van der Waals surface area contributed by atoms with Crippen LogP contribution in [0.5, 0.6) is 5.75 Å². The van der Waals surface area contributed by atoms with Crippen LogP contribution < -0.4 is 4.74 Å². The van der Waals surface area contributed by atoms with Crippen LogP contribution in [-0.4, -0.2) is 6.61 Å². The summed E-state index contributed by atoms with van der Waals surface area (Å²) in [6.45, 7) is 0.718. The fraction of sp³-hybridized carbons (Fsp3) is 0.333. The molecule has 1 aromatic carbocycles. The molecule has 1 aliphatic carbocycles. The van der Waals surface area contributed by atoms with Gasteiger partial charge in [0, 0.05) is 0 Å². The van der Waals surface area contributed by atoms with Crippen molar-refractivity contribution in [2.24, 2.45) is 5.92 Å². The first kappa shape index (κ1) is 9.08. The van der Waals surface area contributed by atoms with E-state index in [2.05, 4.69) is 5.92 Å². The van der Waals surface area contributed by atoms with E-state index in [0.717, 1.165) is 6.61 Å². The second-order valence-electron chi connectivity index (χ2n) is 3.54. The van der Waals surface area contributed by atoms with Crippen molar-refractivity contribution in [1.29, 1.82) is 0 Å². The van der Waals surface area contributed by atoms with E-state index in [0.29, 0.717) is 11.7 Å². The molecule has 72 valence electrons. The summed E-state index contributed by atoms with van der Waals surface area (Å²) in [5, 5.41) is 0. The topological polar surface area (TPSA) is 9.23 Å². The van der Waals surface area contributed by atoms with E-state index >= 15 is 0 Å². The largest absolute Gasteiger partial charge is 0.493 e. The lowest BCUT2D eigenvalue weighted by Crippen LogP contribution is -1.99. The normalized spacial score (nSPS) is 14.9. The summed E-state index contributed by atoms with van der Waals surface area (Å²) in [4.78, 5) is 0. The van der Waals surface area contributed by atoms with Crippen LogP contribution in [0.2, 0.25) is 0 Å². The van der Waals surface area contributed by atoms with Crippen molar-refractivity contribution >= 4 is 0 Å². The number of hydrogen-bond acceptors (Lipinski definition) is 1. The van der Waals surface area contributed by atoms with Gasteiger partial charge in [-0.25, -0.2) is 4.39 Å². The summed E-state index contributed by atoms with van der Waals surface area (Å²) in [6, 6.07) is 4.52. The third-order valence-electron chi connectivity index (χ3n) is 2.28. The highest BCUT2D eigenvalue weighted by Crippen LogP contribution is 2.29. The summed E-state index contributed by atoms with van der Waals surface area (Å²) in [5.41, 5.74) is 0.262. The molecule has 14 heavy (non-hydrogen) atoms. The Hall–Kier alpha value is -1.49. The monoisotopic (exact) mass is 190 g/mol. The maximum absolute atomic E-state index is 13.0. The molecule has 0 amide bonds. The van der Waals surface area contributed by atoms with E-state index in [9.17, 15) is 4.39 Å². The summed E-state index contributed by atoms with van der Waals surface area (Å²) < 4.78 is 18.4. The minimum absolute atomic E-state index is 0.262. The van der Waals surface area contributed by atoms with Crippen LogP contribution in [0.4, 0.5) is 4.39 Å². The molecule has 0 radical (unpaired) electrons. The predicted octanol–water partition coefficient (Wildman–Crippen LogP) is 2.60. The van der Waals surface area contributed by atoms with E-state index in [-0.39, 0.29) is 11.4 Å². The molecule has 2 rings (SSSR count). The van der Waals surface area contributed by atoms with Crippen molar-refractivity contribution in [2.75, 3.05) is 6.61 Å². The van der Waals surface area contributed by atoms with Gasteiger partial charge in [0.05, 0.1) is 12.2 Å². The lowest BCUT2D eigenvalue weighted by atomic mass is 10.2. The highest BCUT2D eigenvalue weighted by Gasteiger charge is 2.21. The maximum Gasteiger partial charge on any atom is 0.139 e. The van der Waals surface area contributed by atoms with Crippen molar-refractivity contribution in [3.05, 3.63) is 29.6 Å². The van der Waals surface area contributed by atoms with Crippen molar-refractivity contribution in [3.63, 3.8) is 0 Å². The molecule has 0 unspecified atom stereocenters. The Labute approximate surface area is 82.9 Å². The Bertz CT molecular complexity index is 374. The summed E-state index contributed by atoms with van der Waals surface area (Å²) in [6.07, 6.45) is 7.62. The number of rotatable bonds is 3. The average molecular weight is 190 g/mol. The first-order valence-electron chi connectivity index (χ1n) is 4.68. The van der Waals surface area contributed by atoms with Crippen molar-refractivity contribution in [1.82, 2.24) is 0 Å². The second-order valence-corrected chi connectivity index (χ2v) is 3.54. The molecule has 0 atom stereocenters. The SMILES string of the molecule is C#Cc1cc(OCC2CC2)ccc1F. The lowest BCUT2D eigenvalue weighted by molar-refractivity contribution is 0.299. The van der Waals surface area contributed by atoms with Crippen molar-refractivity contribution in [2.45, 2.75) is 12.8 Å². The van der Waals surface area contributed by atoms with E-state index in [4.69, 9.17) is 11.2 Å². The van der Waals surface area contributed by atoms with Gasteiger partial charge in [-0.3, -0.25) is 0 Å². The molecule has 0 saturated heterocycles. The molecular formula is C12H11FO. The first-order chi connectivity index (χ1) is 6.79. The number of benzene rings is 1. The Morgan fingerprint density at radius 2 is 2.29 bits per heavy atom. The summed E-state index contributed by atoms with van der Waals surface area (Å²) >= 11 is 0. The molecule has 0 aliphatic heterocycles. The van der Waals surface area contributed by atoms with Crippen molar-refractivity contribution < 1.29 is 9.13 Å². The van der Waals surface area contributed by atoms with Gasteiger partial charge in [0.25, 0.3) is 0 Å². The standard InChI is InChI=1S/C12H11FO/c1-2-10-7-11(5-6-12(10)13)14-8-9-3-4-9/h1,5-7,9H,3-4,8H2. The molecule has 1 nitrogen and oxygen atoms in total. The predicted molar refractivity (Wildman–Crippen MR) is 52.6 cm³/mol. The minimum Gasteiger partial charge on any atom is -0.493 e. The second kappa shape index (κ2) is 3.71. The van der Waals surface area contributed by atoms with Gasteiger partial charge in [0.15, 0.2) is 0 Å². The van der Waals surface area contributed by atoms with Crippen LogP contribution in [0.1, 0.15) is 18.4 Å². The molecule has 1 aromatic rings. The fourth-order valence-electron chi connectivity index (χ4n) is 1.20. The zero-order valence-electron chi connectivity index (χ0n) is 7.79. The zero-order valence-corrected chi connectivity index (χ0v) is 7.79. The lowest BCUT2D eigenvalue weighted by Gasteiger charge is -2.05. The molecule has 1 saturated carbocycles. The van der Waals surface area contributed by atoms with Gasteiger partial charge in [-0.2, -0.15) is 0 Å². The molecule has 0 heterocycles. The molecule has 0 N–H and O–H groups in total. The molecule has 1 fully saturated rings. The Morgan fingerprint density at radius 1 is 1.50 bits per heavy atom. The van der Waals surface area contributed by atoms with Crippen LogP contribution in [0.3, 0.4) is 0 Å². The molecule has 0 aromatic heterocycles. The van der Waals surface area contributed by atoms with Gasteiger partial charge in [-0.1, -0.05) is 5.92 Å². The Balaban J connectivity index is 2.06. The van der Waals surface area contributed by atoms with Gasteiger partial charge in [0.2, 0.25) is 0 Å². The molecular weight excluding hydrogens is 179 g/mol. The van der Waals surface area contributed by atoms with Gasteiger partial charge < -0.3 is 4.74 Å². The third-order valence-corrected chi connectivity index (χ3v) is 2.28. The Morgan fingerprint density at radius 3 is 2.93 bits per heavy atom. The van der Waals surface area contributed by atoms with E-state index in [1.807, 2.05) is 0 Å². The van der Waals surface area contributed by atoms with E-state index in [1.54, 1.807) is 12.1 Å². The van der Waals surface area contributed by atoms with E-state index < -0.39 is 0 Å². The number of terminal acetylenes is 1. The number of ether oxygens (including phenoxy) is 1. The number of halogens is 1. The number of hydrogen-bond donors (Lipinski definition) is 0. The highest BCUT2D eigenvalue weighted by molar-refractivity contribution is 5.39. The maximum atomic E-state index is 13.0. The summed E-state index contributed by atoms with van der Waals surface area (Å²) in [7, 11) is 0. The van der Waals surface area contributed by atoms with E-state index in [1.165, 1.54) is 18.9 Å². The van der Waals surface area contributed by atoms with Crippen LogP contribution >= 0.6 is 0 Å². The molecule has 0 bridgehead atoms. The third kappa shape index (κ3) is 2.05. The van der Waals surface area contributed by atoms with Gasteiger partial charge in [-0.15, -0.1) is 6.42 Å². The van der Waals surface area contributed by atoms with Gasteiger partial charge in [-0.05, 0) is 37.0 Å². The fourth-order valence-corrected chi connectivity index (χ4v) is 1.20. The summed E-state index contributed by atoms with van der Waals surface area (Å²) in [5.74, 6) is 3.26. The van der Waals surface area contributed by atoms with Crippen LogP contribution in [0, 0.1) is 24.1 Å². The quantitative estimate of drug-likeness (QED) is 0.666. The van der Waals surface area contributed by atoms with Crippen LogP contribution in [-0.2, 0) is 0 Å². The zero-order chi connectivity index (χ0) is 9.97. The Kier molecular flexibility index (Phi) is 2.41. The van der Waals surface area contributed by atoms with Crippen molar-refractivity contribution in [3.8, 4) is 18.1 Å². The van der Waals surface area contributed by atoms with Gasteiger partial charge in [0.1, 0.15) is 11.6 Å². The van der Waals surface area contributed by atoms with Crippen LogP contribution in [0.15, 0.2) is 18.2 Å². The first-order valence-corrected chi connectivity index (χ1v) is 4.68. The molecule has 1 aliphatic rings.